The monoisotopic (exact) mass is 368 g/mol. The Hall–Kier alpha value is -2.44. The minimum absolute atomic E-state index is 0.0156. The van der Waals surface area contributed by atoms with Crippen molar-refractivity contribution in [3.8, 4) is 5.75 Å². The fraction of sp³-hybridized carbons (Fsp3) is 0.300. The summed E-state index contributed by atoms with van der Waals surface area (Å²) in [5.74, 6) is 0.584. The number of pyridine rings is 1. The first kappa shape index (κ1) is 17.0. The van der Waals surface area contributed by atoms with Crippen molar-refractivity contribution in [3.05, 3.63) is 58.7 Å². The Morgan fingerprint density at radius 1 is 1.35 bits per heavy atom. The molecule has 2 heterocycles. The lowest BCUT2D eigenvalue weighted by atomic mass is 10.1. The van der Waals surface area contributed by atoms with Crippen LogP contribution in [0.1, 0.15) is 33.8 Å². The standard InChI is InChI=1S/C20H20N2O3S/c1-13-18(19(24)22-20(12-23)7-8-20)16-10-15(5-6-17(16)26-13)25-11-14-4-2-3-9-21-14/h2-6,9-10,23H,7-8,11-12H2,1H3,(H,22,24). The molecule has 1 amide bonds. The van der Waals surface area contributed by atoms with Gasteiger partial charge in [-0.3, -0.25) is 9.78 Å². The summed E-state index contributed by atoms with van der Waals surface area (Å²) in [4.78, 5) is 18.0. The summed E-state index contributed by atoms with van der Waals surface area (Å²) < 4.78 is 6.90. The summed E-state index contributed by atoms with van der Waals surface area (Å²) in [6.45, 7) is 2.31. The Balaban J connectivity index is 1.59. The SMILES string of the molecule is Cc1sc2ccc(OCc3ccccn3)cc2c1C(=O)NC1(CO)CC1. The number of benzene rings is 1. The molecule has 0 unspecified atom stereocenters. The van der Waals surface area contributed by atoms with Gasteiger partial charge in [0.15, 0.2) is 0 Å². The number of carbonyl (C=O) groups excluding carboxylic acids is 1. The zero-order chi connectivity index (χ0) is 18.1. The van der Waals surface area contributed by atoms with Crippen LogP contribution in [0.3, 0.4) is 0 Å². The largest absolute Gasteiger partial charge is 0.487 e. The molecule has 2 aromatic heterocycles. The van der Waals surface area contributed by atoms with E-state index >= 15 is 0 Å². The molecule has 0 atom stereocenters. The maximum Gasteiger partial charge on any atom is 0.253 e. The summed E-state index contributed by atoms with van der Waals surface area (Å²) in [6, 6.07) is 11.5. The van der Waals surface area contributed by atoms with Crippen molar-refractivity contribution in [2.24, 2.45) is 0 Å². The van der Waals surface area contributed by atoms with E-state index in [0.717, 1.165) is 33.5 Å². The maximum absolute atomic E-state index is 12.8. The summed E-state index contributed by atoms with van der Waals surface area (Å²) in [7, 11) is 0. The van der Waals surface area contributed by atoms with Gasteiger partial charge in [0, 0.05) is 21.2 Å². The van der Waals surface area contributed by atoms with Crippen LogP contribution in [0.5, 0.6) is 5.75 Å². The highest BCUT2D eigenvalue weighted by Crippen LogP contribution is 2.37. The van der Waals surface area contributed by atoms with E-state index in [1.807, 2.05) is 43.3 Å². The van der Waals surface area contributed by atoms with Crippen LogP contribution < -0.4 is 10.1 Å². The molecule has 1 fully saturated rings. The van der Waals surface area contributed by atoms with E-state index in [1.165, 1.54) is 0 Å². The number of amides is 1. The van der Waals surface area contributed by atoms with Gasteiger partial charge in [-0.25, -0.2) is 0 Å². The molecular formula is C20H20N2O3S. The predicted molar refractivity (Wildman–Crippen MR) is 102 cm³/mol. The summed E-state index contributed by atoms with van der Waals surface area (Å²) in [5, 5.41) is 13.4. The van der Waals surface area contributed by atoms with Gasteiger partial charge in [-0.05, 0) is 50.1 Å². The van der Waals surface area contributed by atoms with Gasteiger partial charge in [0.05, 0.1) is 23.4 Å². The minimum Gasteiger partial charge on any atom is -0.487 e. The zero-order valence-electron chi connectivity index (χ0n) is 14.5. The van der Waals surface area contributed by atoms with E-state index in [0.29, 0.717) is 17.9 Å². The third-order valence-electron chi connectivity index (χ3n) is 4.71. The number of aryl methyl sites for hydroxylation is 1. The molecule has 6 heteroatoms. The number of aliphatic hydroxyl groups is 1. The normalized spacial score (nSPS) is 15.0. The fourth-order valence-corrected chi connectivity index (χ4v) is 4.03. The number of nitrogens with zero attached hydrogens (tertiary/aromatic N) is 1. The molecule has 0 saturated heterocycles. The number of hydrogen-bond acceptors (Lipinski definition) is 5. The molecule has 1 aliphatic rings. The van der Waals surface area contributed by atoms with Crippen LogP contribution in [-0.4, -0.2) is 28.1 Å². The van der Waals surface area contributed by atoms with Gasteiger partial charge in [-0.1, -0.05) is 6.07 Å². The Bertz CT molecular complexity index is 948. The molecule has 0 radical (unpaired) electrons. The number of rotatable bonds is 6. The first-order valence-corrected chi connectivity index (χ1v) is 9.41. The number of thiophene rings is 1. The molecule has 26 heavy (non-hydrogen) atoms. The Labute approximate surface area is 155 Å². The van der Waals surface area contributed by atoms with E-state index in [1.54, 1.807) is 17.5 Å². The van der Waals surface area contributed by atoms with E-state index in [4.69, 9.17) is 4.74 Å². The van der Waals surface area contributed by atoms with Gasteiger partial charge in [-0.15, -0.1) is 11.3 Å². The second-order valence-corrected chi connectivity index (χ2v) is 7.95. The lowest BCUT2D eigenvalue weighted by molar-refractivity contribution is 0.0908. The van der Waals surface area contributed by atoms with Gasteiger partial charge >= 0.3 is 0 Å². The van der Waals surface area contributed by atoms with Crippen molar-refractivity contribution in [1.29, 1.82) is 0 Å². The van der Waals surface area contributed by atoms with Crippen molar-refractivity contribution < 1.29 is 14.6 Å². The summed E-state index contributed by atoms with van der Waals surface area (Å²) in [6.07, 6.45) is 3.39. The third kappa shape index (κ3) is 3.30. The second kappa shape index (κ2) is 6.70. The third-order valence-corrected chi connectivity index (χ3v) is 5.80. The van der Waals surface area contributed by atoms with Crippen LogP contribution in [0, 0.1) is 6.92 Å². The van der Waals surface area contributed by atoms with Gasteiger partial charge in [0.1, 0.15) is 12.4 Å². The van der Waals surface area contributed by atoms with Crippen LogP contribution in [0.15, 0.2) is 42.6 Å². The van der Waals surface area contributed by atoms with Crippen molar-refractivity contribution in [2.75, 3.05) is 6.61 Å². The average Bonchev–Trinajstić information content (AvgIpc) is 3.34. The van der Waals surface area contributed by atoms with Crippen molar-refractivity contribution >= 4 is 27.3 Å². The van der Waals surface area contributed by atoms with Crippen molar-refractivity contribution in [1.82, 2.24) is 10.3 Å². The van der Waals surface area contributed by atoms with Crippen molar-refractivity contribution in [2.45, 2.75) is 31.9 Å². The first-order chi connectivity index (χ1) is 12.6. The van der Waals surface area contributed by atoms with E-state index in [-0.39, 0.29) is 12.5 Å². The minimum atomic E-state index is -0.426. The number of nitrogens with one attached hydrogen (secondary N) is 1. The van der Waals surface area contributed by atoms with Crippen LogP contribution in [0.25, 0.3) is 10.1 Å². The van der Waals surface area contributed by atoms with Gasteiger partial charge in [0.2, 0.25) is 0 Å². The van der Waals surface area contributed by atoms with E-state index in [2.05, 4.69) is 10.3 Å². The molecule has 1 aliphatic carbocycles. The number of carbonyl (C=O) groups is 1. The molecule has 4 rings (SSSR count). The average molecular weight is 368 g/mol. The summed E-state index contributed by atoms with van der Waals surface area (Å²) >= 11 is 1.59. The number of hydrogen-bond donors (Lipinski definition) is 2. The van der Waals surface area contributed by atoms with E-state index in [9.17, 15) is 9.90 Å². The molecule has 0 aliphatic heterocycles. The highest BCUT2D eigenvalue weighted by molar-refractivity contribution is 7.19. The molecule has 0 spiro atoms. The van der Waals surface area contributed by atoms with Gasteiger partial charge in [-0.2, -0.15) is 0 Å². The number of aromatic nitrogens is 1. The first-order valence-electron chi connectivity index (χ1n) is 8.59. The number of fused-ring (bicyclic) bond motifs is 1. The molecule has 0 bridgehead atoms. The Morgan fingerprint density at radius 2 is 2.19 bits per heavy atom. The zero-order valence-corrected chi connectivity index (χ0v) is 15.3. The Kier molecular flexibility index (Phi) is 4.38. The fourth-order valence-electron chi connectivity index (χ4n) is 2.99. The maximum atomic E-state index is 12.8. The quantitative estimate of drug-likeness (QED) is 0.699. The van der Waals surface area contributed by atoms with E-state index < -0.39 is 5.54 Å². The molecule has 3 aromatic rings. The summed E-state index contributed by atoms with van der Waals surface area (Å²) in [5.41, 5.74) is 1.10. The molecule has 1 aromatic carbocycles. The highest BCUT2D eigenvalue weighted by atomic mass is 32.1. The Morgan fingerprint density at radius 3 is 2.88 bits per heavy atom. The van der Waals surface area contributed by atoms with Crippen LogP contribution >= 0.6 is 11.3 Å². The predicted octanol–water partition coefficient (Wildman–Crippen LogP) is 3.44. The van der Waals surface area contributed by atoms with Crippen LogP contribution in [-0.2, 0) is 6.61 Å². The topological polar surface area (TPSA) is 71.5 Å². The van der Waals surface area contributed by atoms with Crippen LogP contribution in [0.2, 0.25) is 0 Å². The second-order valence-electron chi connectivity index (χ2n) is 6.69. The van der Waals surface area contributed by atoms with Gasteiger partial charge in [0.25, 0.3) is 5.91 Å². The van der Waals surface area contributed by atoms with Crippen molar-refractivity contribution in [3.63, 3.8) is 0 Å². The van der Waals surface area contributed by atoms with Crippen LogP contribution in [0.4, 0.5) is 0 Å². The molecular weight excluding hydrogens is 348 g/mol. The molecule has 1 saturated carbocycles. The number of ether oxygens (including phenoxy) is 1. The highest BCUT2D eigenvalue weighted by Gasteiger charge is 2.44. The lowest BCUT2D eigenvalue weighted by Gasteiger charge is -2.14. The lowest BCUT2D eigenvalue weighted by Crippen LogP contribution is -2.39. The van der Waals surface area contributed by atoms with Gasteiger partial charge < -0.3 is 15.2 Å². The smallest absolute Gasteiger partial charge is 0.253 e. The number of aliphatic hydroxyl groups excluding tert-OH is 1. The molecule has 2 N–H and O–H groups in total. The molecule has 134 valence electrons. The molecule has 5 nitrogen and oxygen atoms in total.